The molecule has 0 bridgehead atoms. The van der Waals surface area contributed by atoms with Gasteiger partial charge in [-0.05, 0) is 32.4 Å². The highest BCUT2D eigenvalue weighted by atomic mass is 16.2. The molecule has 0 spiro atoms. The molecule has 0 aromatic carbocycles. The van der Waals surface area contributed by atoms with Gasteiger partial charge in [-0.3, -0.25) is 14.5 Å². The standard InChI is InChI=1S/C13H24N2O2/c1-4-10(3)12(16)9-14-13(17)11-7-6-8-15(11)5-2/h10-11H,4-9H2,1-3H3,(H,14,17). The topological polar surface area (TPSA) is 49.4 Å². The molecule has 0 aromatic rings. The summed E-state index contributed by atoms with van der Waals surface area (Å²) in [6.45, 7) is 8.03. The van der Waals surface area contributed by atoms with E-state index in [1.165, 1.54) is 0 Å². The van der Waals surface area contributed by atoms with E-state index >= 15 is 0 Å². The van der Waals surface area contributed by atoms with E-state index in [1.807, 2.05) is 13.8 Å². The Hall–Kier alpha value is -0.900. The van der Waals surface area contributed by atoms with Gasteiger partial charge in [-0.1, -0.05) is 20.8 Å². The summed E-state index contributed by atoms with van der Waals surface area (Å²) in [4.78, 5) is 25.7. The predicted molar refractivity (Wildman–Crippen MR) is 67.7 cm³/mol. The molecule has 2 unspecified atom stereocenters. The second kappa shape index (κ2) is 6.74. The van der Waals surface area contributed by atoms with Gasteiger partial charge in [-0.25, -0.2) is 0 Å². The molecule has 1 fully saturated rings. The number of likely N-dealkylation sites (N-methyl/N-ethyl adjacent to an activating group) is 1. The maximum atomic E-state index is 11.9. The number of Topliss-reactive ketones (excluding diaryl/α,β-unsaturated/α-hetero) is 1. The fourth-order valence-electron chi connectivity index (χ4n) is 2.20. The fourth-order valence-corrected chi connectivity index (χ4v) is 2.20. The molecule has 1 heterocycles. The zero-order valence-corrected chi connectivity index (χ0v) is 11.2. The molecule has 17 heavy (non-hydrogen) atoms. The molecule has 1 aliphatic heterocycles. The van der Waals surface area contributed by atoms with Crippen LogP contribution in [0.3, 0.4) is 0 Å². The van der Waals surface area contributed by atoms with Crippen molar-refractivity contribution in [2.75, 3.05) is 19.6 Å². The normalized spacial score (nSPS) is 22.4. The third-order valence-electron chi connectivity index (χ3n) is 3.67. The van der Waals surface area contributed by atoms with Gasteiger partial charge in [0.25, 0.3) is 0 Å². The van der Waals surface area contributed by atoms with Crippen LogP contribution in [0.15, 0.2) is 0 Å². The second-order valence-corrected chi connectivity index (χ2v) is 4.78. The summed E-state index contributed by atoms with van der Waals surface area (Å²) in [5.74, 6) is 0.184. The monoisotopic (exact) mass is 240 g/mol. The van der Waals surface area contributed by atoms with E-state index in [0.717, 1.165) is 32.4 Å². The fraction of sp³-hybridized carbons (Fsp3) is 0.846. The van der Waals surface area contributed by atoms with Gasteiger partial charge < -0.3 is 5.32 Å². The van der Waals surface area contributed by atoms with Crippen molar-refractivity contribution in [1.29, 1.82) is 0 Å². The van der Waals surface area contributed by atoms with Crippen LogP contribution in [0.5, 0.6) is 0 Å². The first-order valence-electron chi connectivity index (χ1n) is 6.64. The van der Waals surface area contributed by atoms with Crippen molar-refractivity contribution < 1.29 is 9.59 Å². The van der Waals surface area contributed by atoms with Crippen molar-refractivity contribution in [3.63, 3.8) is 0 Å². The van der Waals surface area contributed by atoms with Gasteiger partial charge >= 0.3 is 0 Å². The van der Waals surface area contributed by atoms with Crippen molar-refractivity contribution in [3.8, 4) is 0 Å². The number of ketones is 1. The first kappa shape index (κ1) is 14.2. The number of likely N-dealkylation sites (tertiary alicyclic amines) is 1. The van der Waals surface area contributed by atoms with Crippen LogP contribution < -0.4 is 5.32 Å². The van der Waals surface area contributed by atoms with Crippen molar-refractivity contribution in [1.82, 2.24) is 10.2 Å². The zero-order chi connectivity index (χ0) is 12.8. The van der Waals surface area contributed by atoms with Crippen LogP contribution in [-0.2, 0) is 9.59 Å². The van der Waals surface area contributed by atoms with Gasteiger partial charge in [0.15, 0.2) is 5.78 Å². The molecule has 1 saturated heterocycles. The van der Waals surface area contributed by atoms with Crippen LogP contribution in [0.4, 0.5) is 0 Å². The van der Waals surface area contributed by atoms with E-state index in [0.29, 0.717) is 0 Å². The third kappa shape index (κ3) is 3.80. The largest absolute Gasteiger partial charge is 0.348 e. The SMILES string of the molecule is CCC(C)C(=O)CNC(=O)C1CCCN1CC. The maximum absolute atomic E-state index is 11.9. The quantitative estimate of drug-likeness (QED) is 0.759. The van der Waals surface area contributed by atoms with E-state index in [4.69, 9.17) is 0 Å². The molecule has 0 saturated carbocycles. The van der Waals surface area contributed by atoms with Gasteiger partial charge in [0.1, 0.15) is 0 Å². The number of carbonyl (C=O) groups is 2. The number of hydrogen-bond acceptors (Lipinski definition) is 3. The Morgan fingerprint density at radius 1 is 1.41 bits per heavy atom. The number of nitrogens with zero attached hydrogens (tertiary/aromatic N) is 1. The minimum Gasteiger partial charge on any atom is -0.348 e. The Labute approximate surface area is 104 Å². The van der Waals surface area contributed by atoms with E-state index in [-0.39, 0.29) is 30.2 Å². The number of nitrogens with one attached hydrogen (secondary N) is 1. The lowest BCUT2D eigenvalue weighted by Crippen LogP contribution is -2.45. The molecule has 1 rings (SSSR count). The number of amides is 1. The molecule has 1 N–H and O–H groups in total. The molecule has 4 nitrogen and oxygen atoms in total. The van der Waals surface area contributed by atoms with Gasteiger partial charge in [0.05, 0.1) is 12.6 Å². The minimum atomic E-state index is -0.0234. The molecule has 0 aliphatic carbocycles. The maximum Gasteiger partial charge on any atom is 0.237 e. The van der Waals surface area contributed by atoms with Crippen LogP contribution >= 0.6 is 0 Å². The van der Waals surface area contributed by atoms with Crippen LogP contribution in [0.2, 0.25) is 0 Å². The summed E-state index contributed by atoms with van der Waals surface area (Å²) in [5, 5.41) is 2.77. The van der Waals surface area contributed by atoms with E-state index in [1.54, 1.807) is 0 Å². The first-order chi connectivity index (χ1) is 8.10. The lowest BCUT2D eigenvalue weighted by Gasteiger charge is -2.21. The number of carbonyl (C=O) groups excluding carboxylic acids is 2. The minimum absolute atomic E-state index is 0.0148. The highest BCUT2D eigenvalue weighted by molar-refractivity contribution is 5.89. The van der Waals surface area contributed by atoms with Crippen molar-refractivity contribution in [2.45, 2.75) is 46.1 Å². The summed E-state index contributed by atoms with van der Waals surface area (Å²) in [6.07, 6.45) is 2.82. The lowest BCUT2D eigenvalue weighted by molar-refractivity contribution is -0.129. The molecule has 1 amide bonds. The third-order valence-corrected chi connectivity index (χ3v) is 3.67. The van der Waals surface area contributed by atoms with Gasteiger partial charge in [0, 0.05) is 5.92 Å². The highest BCUT2D eigenvalue weighted by Crippen LogP contribution is 2.16. The summed E-state index contributed by atoms with van der Waals surface area (Å²) in [6, 6.07) is -0.0234. The Balaban J connectivity index is 2.37. The van der Waals surface area contributed by atoms with E-state index in [2.05, 4.69) is 17.1 Å². The Bertz CT molecular complexity index is 279. The van der Waals surface area contributed by atoms with Crippen molar-refractivity contribution in [3.05, 3.63) is 0 Å². The highest BCUT2D eigenvalue weighted by Gasteiger charge is 2.29. The predicted octanol–water partition coefficient (Wildman–Crippen LogP) is 1.20. The number of rotatable bonds is 6. The first-order valence-corrected chi connectivity index (χ1v) is 6.64. The van der Waals surface area contributed by atoms with Crippen LogP contribution in [0.25, 0.3) is 0 Å². The molecule has 2 atom stereocenters. The van der Waals surface area contributed by atoms with Crippen molar-refractivity contribution >= 4 is 11.7 Å². The summed E-state index contributed by atoms with van der Waals surface area (Å²) in [7, 11) is 0. The molecule has 98 valence electrons. The Morgan fingerprint density at radius 2 is 2.12 bits per heavy atom. The van der Waals surface area contributed by atoms with Crippen LogP contribution in [0.1, 0.15) is 40.0 Å². The average Bonchev–Trinajstić information content (AvgIpc) is 2.82. The summed E-state index contributed by atoms with van der Waals surface area (Å²) in [5.41, 5.74) is 0. The molecule has 0 radical (unpaired) electrons. The molecule has 4 heteroatoms. The van der Waals surface area contributed by atoms with Gasteiger partial charge in [0.2, 0.25) is 5.91 Å². The lowest BCUT2D eigenvalue weighted by atomic mass is 10.0. The van der Waals surface area contributed by atoms with E-state index in [9.17, 15) is 9.59 Å². The Kier molecular flexibility index (Phi) is 5.62. The summed E-state index contributed by atoms with van der Waals surface area (Å²) < 4.78 is 0. The smallest absolute Gasteiger partial charge is 0.237 e. The molecule has 1 aliphatic rings. The molecule has 0 aromatic heterocycles. The van der Waals surface area contributed by atoms with Crippen LogP contribution in [0, 0.1) is 5.92 Å². The average molecular weight is 240 g/mol. The van der Waals surface area contributed by atoms with Gasteiger partial charge in [-0.2, -0.15) is 0 Å². The molecular weight excluding hydrogens is 216 g/mol. The van der Waals surface area contributed by atoms with Crippen molar-refractivity contribution in [2.24, 2.45) is 5.92 Å². The molecular formula is C13H24N2O2. The van der Waals surface area contributed by atoms with Gasteiger partial charge in [-0.15, -0.1) is 0 Å². The number of hydrogen-bond donors (Lipinski definition) is 1. The zero-order valence-electron chi connectivity index (χ0n) is 11.2. The Morgan fingerprint density at radius 3 is 2.71 bits per heavy atom. The van der Waals surface area contributed by atoms with Crippen LogP contribution in [-0.4, -0.2) is 42.3 Å². The van der Waals surface area contributed by atoms with E-state index < -0.39 is 0 Å². The summed E-state index contributed by atoms with van der Waals surface area (Å²) >= 11 is 0. The second-order valence-electron chi connectivity index (χ2n) is 4.78.